The van der Waals surface area contributed by atoms with Crippen molar-refractivity contribution in [2.24, 2.45) is 0 Å². The molecule has 0 unspecified atom stereocenters. The molecule has 1 aromatic heterocycles. The SMILES string of the molecule is Cc1cc(/C=C2\SC(=O)N(c3ccccc3)C2=O)c(C)n1-c1cccc(I)c1. The molecule has 4 nitrogen and oxygen atoms in total. The largest absolute Gasteiger partial charge is 0.318 e. The zero-order valence-corrected chi connectivity index (χ0v) is 18.3. The predicted molar refractivity (Wildman–Crippen MR) is 123 cm³/mol. The van der Waals surface area contributed by atoms with Crippen LogP contribution >= 0.6 is 34.4 Å². The molecular formula is C22H17IN2O2S. The third-order valence-electron chi connectivity index (χ3n) is 4.63. The first-order chi connectivity index (χ1) is 13.5. The standard InChI is InChI=1S/C22H17IN2O2S/c1-14-11-16(15(2)24(14)19-10-6-7-17(23)13-19)12-20-21(26)25(22(27)28-20)18-8-4-3-5-9-18/h3-13H,1-2H3/b20-12-. The lowest BCUT2D eigenvalue weighted by Gasteiger charge is -2.11. The number of halogens is 1. The molecule has 0 aliphatic carbocycles. The molecule has 0 bridgehead atoms. The smallest absolute Gasteiger partial charge is 0.298 e. The Kier molecular flexibility index (Phi) is 5.16. The van der Waals surface area contributed by atoms with E-state index in [1.807, 2.05) is 50.3 Å². The molecule has 2 aromatic carbocycles. The van der Waals surface area contributed by atoms with Gasteiger partial charge >= 0.3 is 0 Å². The van der Waals surface area contributed by atoms with Crippen LogP contribution in [0.1, 0.15) is 17.0 Å². The number of aromatic nitrogens is 1. The Morgan fingerprint density at radius 2 is 1.64 bits per heavy atom. The minimum atomic E-state index is -0.278. The summed E-state index contributed by atoms with van der Waals surface area (Å²) in [5.74, 6) is -0.278. The van der Waals surface area contributed by atoms with Gasteiger partial charge in [-0.05, 0) is 96.2 Å². The van der Waals surface area contributed by atoms with Crippen molar-refractivity contribution in [1.82, 2.24) is 4.57 Å². The maximum absolute atomic E-state index is 12.8. The molecule has 0 radical (unpaired) electrons. The van der Waals surface area contributed by atoms with Crippen LogP contribution in [0.25, 0.3) is 11.8 Å². The van der Waals surface area contributed by atoms with E-state index in [9.17, 15) is 9.59 Å². The Morgan fingerprint density at radius 3 is 2.36 bits per heavy atom. The van der Waals surface area contributed by atoms with Gasteiger partial charge in [0.05, 0.1) is 10.6 Å². The Morgan fingerprint density at radius 1 is 0.929 bits per heavy atom. The third-order valence-corrected chi connectivity index (χ3v) is 6.17. The van der Waals surface area contributed by atoms with Gasteiger partial charge in [-0.15, -0.1) is 0 Å². The lowest BCUT2D eigenvalue weighted by atomic mass is 10.2. The number of benzene rings is 2. The van der Waals surface area contributed by atoms with Crippen molar-refractivity contribution < 1.29 is 9.59 Å². The summed E-state index contributed by atoms with van der Waals surface area (Å²) >= 11 is 3.28. The minimum absolute atomic E-state index is 0.270. The number of aryl methyl sites for hydroxylation is 1. The van der Waals surface area contributed by atoms with Crippen LogP contribution in [0.4, 0.5) is 10.5 Å². The molecule has 2 amide bonds. The first kappa shape index (κ1) is 19.0. The van der Waals surface area contributed by atoms with Crippen LogP contribution in [0.15, 0.2) is 65.6 Å². The van der Waals surface area contributed by atoms with E-state index in [1.54, 1.807) is 12.1 Å². The number of carbonyl (C=O) groups is 2. The van der Waals surface area contributed by atoms with Gasteiger partial charge in [-0.3, -0.25) is 9.59 Å². The molecular weight excluding hydrogens is 483 g/mol. The number of rotatable bonds is 3. The number of hydrogen-bond acceptors (Lipinski definition) is 3. The van der Waals surface area contributed by atoms with Crippen LogP contribution in [0, 0.1) is 17.4 Å². The average molecular weight is 500 g/mol. The second kappa shape index (κ2) is 7.60. The molecule has 140 valence electrons. The fraction of sp³-hybridized carbons (Fsp3) is 0.0909. The van der Waals surface area contributed by atoms with Crippen molar-refractivity contribution in [2.45, 2.75) is 13.8 Å². The van der Waals surface area contributed by atoms with E-state index in [0.717, 1.165) is 38.0 Å². The monoisotopic (exact) mass is 500 g/mol. The first-order valence-corrected chi connectivity index (χ1v) is 10.6. The number of para-hydroxylation sites is 1. The van der Waals surface area contributed by atoms with Crippen LogP contribution in [-0.4, -0.2) is 15.7 Å². The molecule has 0 spiro atoms. The molecule has 2 heterocycles. The van der Waals surface area contributed by atoms with Crippen molar-refractivity contribution in [3.05, 3.63) is 86.1 Å². The molecule has 28 heavy (non-hydrogen) atoms. The molecule has 0 atom stereocenters. The van der Waals surface area contributed by atoms with Crippen molar-refractivity contribution >= 4 is 57.3 Å². The van der Waals surface area contributed by atoms with Gasteiger partial charge in [0, 0.05) is 20.6 Å². The number of imide groups is 1. The summed E-state index contributed by atoms with van der Waals surface area (Å²) < 4.78 is 3.32. The normalized spacial score (nSPS) is 15.7. The van der Waals surface area contributed by atoms with Gasteiger partial charge in [0.15, 0.2) is 0 Å². The van der Waals surface area contributed by atoms with Gasteiger partial charge in [-0.25, -0.2) is 4.90 Å². The van der Waals surface area contributed by atoms with Crippen LogP contribution in [0.3, 0.4) is 0 Å². The quantitative estimate of drug-likeness (QED) is 0.330. The molecule has 6 heteroatoms. The van der Waals surface area contributed by atoms with Crippen molar-refractivity contribution in [1.29, 1.82) is 0 Å². The lowest BCUT2D eigenvalue weighted by molar-refractivity contribution is -0.113. The van der Waals surface area contributed by atoms with E-state index in [1.165, 1.54) is 4.90 Å². The molecule has 1 aliphatic heterocycles. The summed E-state index contributed by atoms with van der Waals surface area (Å²) in [4.78, 5) is 26.9. The fourth-order valence-corrected chi connectivity index (χ4v) is 4.71. The third kappa shape index (κ3) is 3.42. The highest BCUT2D eigenvalue weighted by molar-refractivity contribution is 14.1. The average Bonchev–Trinajstić information content (AvgIpc) is 3.11. The van der Waals surface area contributed by atoms with E-state index < -0.39 is 0 Å². The number of carbonyl (C=O) groups excluding carboxylic acids is 2. The van der Waals surface area contributed by atoms with Crippen molar-refractivity contribution in [3.8, 4) is 5.69 Å². The maximum atomic E-state index is 12.8. The Labute approximate surface area is 181 Å². The Bertz CT molecular complexity index is 1120. The zero-order chi connectivity index (χ0) is 19.8. The highest BCUT2D eigenvalue weighted by Crippen LogP contribution is 2.36. The summed E-state index contributed by atoms with van der Waals surface area (Å²) in [7, 11) is 0. The summed E-state index contributed by atoms with van der Waals surface area (Å²) in [6.07, 6.45) is 1.82. The molecule has 0 N–H and O–H groups in total. The number of anilines is 1. The van der Waals surface area contributed by atoms with E-state index >= 15 is 0 Å². The predicted octanol–water partition coefficient (Wildman–Crippen LogP) is 5.94. The highest BCUT2D eigenvalue weighted by atomic mass is 127. The van der Waals surface area contributed by atoms with E-state index in [0.29, 0.717) is 10.6 Å². The van der Waals surface area contributed by atoms with Crippen molar-refractivity contribution in [2.75, 3.05) is 4.90 Å². The van der Waals surface area contributed by atoms with Gasteiger partial charge in [0.2, 0.25) is 0 Å². The van der Waals surface area contributed by atoms with Gasteiger partial charge in [0.25, 0.3) is 11.1 Å². The minimum Gasteiger partial charge on any atom is -0.318 e. The van der Waals surface area contributed by atoms with Crippen LogP contribution in [0.5, 0.6) is 0 Å². The Balaban J connectivity index is 1.72. The molecule has 1 aliphatic rings. The number of hydrogen-bond donors (Lipinski definition) is 0. The van der Waals surface area contributed by atoms with Gasteiger partial charge in [-0.2, -0.15) is 0 Å². The van der Waals surface area contributed by atoms with Crippen LogP contribution in [-0.2, 0) is 4.79 Å². The number of amides is 2. The zero-order valence-electron chi connectivity index (χ0n) is 15.3. The first-order valence-electron chi connectivity index (χ1n) is 8.73. The van der Waals surface area contributed by atoms with Gasteiger partial charge < -0.3 is 4.57 Å². The molecule has 3 aromatic rings. The van der Waals surface area contributed by atoms with Crippen LogP contribution < -0.4 is 4.90 Å². The van der Waals surface area contributed by atoms with Crippen molar-refractivity contribution in [3.63, 3.8) is 0 Å². The number of nitrogens with zero attached hydrogens (tertiary/aromatic N) is 2. The van der Waals surface area contributed by atoms with E-state index in [-0.39, 0.29) is 11.1 Å². The summed E-state index contributed by atoms with van der Waals surface area (Å²) in [6.45, 7) is 4.07. The second-order valence-electron chi connectivity index (χ2n) is 6.49. The molecule has 1 fully saturated rings. The van der Waals surface area contributed by atoms with Gasteiger partial charge in [-0.1, -0.05) is 24.3 Å². The summed E-state index contributed by atoms with van der Waals surface area (Å²) in [5.41, 5.74) is 4.73. The van der Waals surface area contributed by atoms with E-state index in [2.05, 4.69) is 45.4 Å². The topological polar surface area (TPSA) is 42.3 Å². The Hall–Kier alpha value is -2.32. The lowest BCUT2D eigenvalue weighted by Crippen LogP contribution is -2.27. The maximum Gasteiger partial charge on any atom is 0.298 e. The summed E-state index contributed by atoms with van der Waals surface area (Å²) in [6, 6.07) is 19.3. The second-order valence-corrected chi connectivity index (χ2v) is 8.73. The molecule has 0 saturated carbocycles. The van der Waals surface area contributed by atoms with Gasteiger partial charge in [0.1, 0.15) is 0 Å². The fourth-order valence-electron chi connectivity index (χ4n) is 3.35. The highest BCUT2D eigenvalue weighted by Gasteiger charge is 2.36. The van der Waals surface area contributed by atoms with Crippen LogP contribution in [0.2, 0.25) is 0 Å². The summed E-state index contributed by atoms with van der Waals surface area (Å²) in [5, 5.41) is -0.270. The van der Waals surface area contributed by atoms with E-state index in [4.69, 9.17) is 0 Å². The molecule has 1 saturated heterocycles. The molecule has 4 rings (SSSR count). The number of thioether (sulfide) groups is 1.